The summed E-state index contributed by atoms with van der Waals surface area (Å²) in [5.74, 6) is -0.997. The predicted octanol–water partition coefficient (Wildman–Crippen LogP) is 0.584. The summed E-state index contributed by atoms with van der Waals surface area (Å²) in [5.41, 5.74) is 0.0826. The van der Waals surface area contributed by atoms with Gasteiger partial charge in [-0.15, -0.1) is 11.3 Å². The maximum Gasteiger partial charge on any atom is 0.355 e. The van der Waals surface area contributed by atoms with E-state index in [0.29, 0.717) is 11.7 Å². The van der Waals surface area contributed by atoms with Crippen LogP contribution in [-0.2, 0) is 4.74 Å². The molecule has 1 unspecified atom stereocenters. The van der Waals surface area contributed by atoms with Crippen LogP contribution in [0.5, 0.6) is 0 Å². The van der Waals surface area contributed by atoms with Crippen molar-refractivity contribution in [2.45, 2.75) is 6.10 Å². The van der Waals surface area contributed by atoms with Crippen molar-refractivity contribution in [1.29, 1.82) is 0 Å². The molecule has 1 aliphatic rings. The second-order valence-electron chi connectivity index (χ2n) is 3.98. The average molecular weight is 257 g/mol. The summed E-state index contributed by atoms with van der Waals surface area (Å²) < 4.78 is 5.58. The van der Waals surface area contributed by atoms with Crippen LogP contribution in [0, 0.1) is 0 Å². The Morgan fingerprint density at radius 2 is 2.65 bits per heavy atom. The fourth-order valence-corrected chi connectivity index (χ4v) is 2.34. The molecule has 1 fully saturated rings. The van der Waals surface area contributed by atoms with Crippen molar-refractivity contribution in [1.82, 2.24) is 9.88 Å². The topological polar surface area (TPSA) is 74.7 Å². The maximum absolute atomic E-state index is 10.6. The highest BCUT2D eigenvalue weighted by molar-refractivity contribution is 7.13. The van der Waals surface area contributed by atoms with E-state index in [2.05, 4.69) is 22.2 Å². The molecule has 2 rings (SSSR count). The highest BCUT2D eigenvalue weighted by atomic mass is 32.1. The lowest BCUT2D eigenvalue weighted by molar-refractivity contribution is -0.0117. The van der Waals surface area contributed by atoms with Gasteiger partial charge in [0.15, 0.2) is 10.8 Å². The molecule has 1 saturated heterocycles. The Balaban J connectivity index is 1.82. The largest absolute Gasteiger partial charge is 0.476 e. The number of rotatable bonds is 4. The van der Waals surface area contributed by atoms with Crippen LogP contribution in [0.2, 0.25) is 0 Å². The Morgan fingerprint density at radius 3 is 3.29 bits per heavy atom. The number of hydrogen-bond donors (Lipinski definition) is 2. The number of hydrogen-bond acceptors (Lipinski definition) is 6. The molecule has 0 aliphatic carbocycles. The van der Waals surface area contributed by atoms with E-state index in [0.717, 1.165) is 19.7 Å². The zero-order valence-electron chi connectivity index (χ0n) is 9.55. The first-order valence-corrected chi connectivity index (χ1v) is 6.26. The molecule has 0 spiro atoms. The van der Waals surface area contributed by atoms with E-state index in [1.165, 1.54) is 16.7 Å². The van der Waals surface area contributed by atoms with Crippen LogP contribution in [-0.4, -0.2) is 60.4 Å². The van der Waals surface area contributed by atoms with E-state index < -0.39 is 5.97 Å². The molecule has 6 nitrogen and oxygen atoms in total. The zero-order valence-corrected chi connectivity index (χ0v) is 10.4. The summed E-state index contributed by atoms with van der Waals surface area (Å²) in [4.78, 5) is 16.8. The van der Waals surface area contributed by atoms with Crippen LogP contribution in [0.1, 0.15) is 10.5 Å². The molecule has 1 aromatic heterocycles. The van der Waals surface area contributed by atoms with Crippen LogP contribution >= 0.6 is 11.3 Å². The first-order valence-electron chi connectivity index (χ1n) is 5.38. The number of carboxylic acid groups (broad SMARTS) is 1. The van der Waals surface area contributed by atoms with Gasteiger partial charge in [0.2, 0.25) is 0 Å². The van der Waals surface area contributed by atoms with Gasteiger partial charge in [-0.1, -0.05) is 0 Å². The van der Waals surface area contributed by atoms with Crippen LogP contribution < -0.4 is 5.32 Å². The Labute approximate surface area is 103 Å². The summed E-state index contributed by atoms with van der Waals surface area (Å²) in [5, 5.41) is 14.0. The van der Waals surface area contributed by atoms with Crippen LogP contribution in [0.25, 0.3) is 0 Å². The molecule has 7 heteroatoms. The minimum atomic E-state index is -0.997. The number of carboxylic acids is 1. The van der Waals surface area contributed by atoms with E-state index in [1.807, 2.05) is 0 Å². The van der Waals surface area contributed by atoms with E-state index in [1.54, 1.807) is 0 Å². The third-order valence-electron chi connectivity index (χ3n) is 2.55. The van der Waals surface area contributed by atoms with Gasteiger partial charge >= 0.3 is 5.97 Å². The molecule has 0 saturated carbocycles. The van der Waals surface area contributed by atoms with Crippen LogP contribution in [0.3, 0.4) is 0 Å². The summed E-state index contributed by atoms with van der Waals surface area (Å²) in [7, 11) is 2.06. The van der Waals surface area contributed by atoms with Gasteiger partial charge in [-0.05, 0) is 7.05 Å². The van der Waals surface area contributed by atoms with Crippen molar-refractivity contribution in [3.05, 3.63) is 11.1 Å². The molecule has 0 bridgehead atoms. The molecular formula is C10H15N3O3S. The SMILES string of the molecule is CN1CCOC(CNc2nc(C(=O)O)cs2)C1. The van der Waals surface area contributed by atoms with E-state index >= 15 is 0 Å². The first kappa shape index (κ1) is 12.3. The molecule has 2 N–H and O–H groups in total. The third kappa shape index (κ3) is 3.39. The van der Waals surface area contributed by atoms with Crippen molar-refractivity contribution >= 4 is 22.4 Å². The smallest absolute Gasteiger partial charge is 0.355 e. The molecule has 2 heterocycles. The second kappa shape index (κ2) is 5.44. The number of anilines is 1. The standard InChI is InChI=1S/C10H15N3O3S/c1-13-2-3-16-7(5-13)4-11-10-12-8(6-17-10)9(14)15/h6-7H,2-5H2,1H3,(H,11,12)(H,14,15). The summed E-state index contributed by atoms with van der Waals surface area (Å²) >= 11 is 1.30. The van der Waals surface area contributed by atoms with Crippen molar-refractivity contribution in [3.8, 4) is 0 Å². The van der Waals surface area contributed by atoms with Crippen LogP contribution in [0.4, 0.5) is 5.13 Å². The summed E-state index contributed by atoms with van der Waals surface area (Å²) in [6, 6.07) is 0. The number of nitrogens with one attached hydrogen (secondary N) is 1. The monoisotopic (exact) mass is 257 g/mol. The fraction of sp³-hybridized carbons (Fsp3) is 0.600. The minimum absolute atomic E-state index is 0.0826. The van der Waals surface area contributed by atoms with Gasteiger partial charge in [-0.25, -0.2) is 9.78 Å². The number of thiazole rings is 1. The third-order valence-corrected chi connectivity index (χ3v) is 3.35. The van der Waals surface area contributed by atoms with E-state index in [9.17, 15) is 4.79 Å². The van der Waals surface area contributed by atoms with Gasteiger partial charge in [0.25, 0.3) is 0 Å². The molecule has 0 amide bonds. The lowest BCUT2D eigenvalue weighted by atomic mass is 10.3. The number of ether oxygens (including phenoxy) is 1. The number of aromatic carboxylic acids is 1. The van der Waals surface area contributed by atoms with Gasteiger partial charge < -0.3 is 20.1 Å². The van der Waals surface area contributed by atoms with Crippen molar-refractivity contribution < 1.29 is 14.6 Å². The molecule has 0 radical (unpaired) electrons. The number of morpholine rings is 1. The van der Waals surface area contributed by atoms with E-state index in [4.69, 9.17) is 9.84 Å². The number of nitrogens with zero attached hydrogens (tertiary/aromatic N) is 2. The fourth-order valence-electron chi connectivity index (χ4n) is 1.64. The summed E-state index contributed by atoms with van der Waals surface area (Å²) in [6.07, 6.45) is 0.130. The molecule has 1 aliphatic heterocycles. The van der Waals surface area contributed by atoms with Gasteiger partial charge in [0.1, 0.15) is 0 Å². The van der Waals surface area contributed by atoms with Crippen molar-refractivity contribution in [3.63, 3.8) is 0 Å². The Morgan fingerprint density at radius 1 is 1.82 bits per heavy atom. The maximum atomic E-state index is 10.6. The normalized spacial score (nSPS) is 21.4. The van der Waals surface area contributed by atoms with Gasteiger partial charge in [-0.3, -0.25) is 0 Å². The molecule has 94 valence electrons. The number of likely N-dealkylation sites (N-methyl/N-ethyl adjacent to an activating group) is 1. The lowest BCUT2D eigenvalue weighted by Crippen LogP contribution is -2.43. The number of aromatic nitrogens is 1. The quantitative estimate of drug-likeness (QED) is 0.822. The second-order valence-corrected chi connectivity index (χ2v) is 4.84. The van der Waals surface area contributed by atoms with Gasteiger partial charge in [-0.2, -0.15) is 0 Å². The minimum Gasteiger partial charge on any atom is -0.476 e. The highest BCUT2D eigenvalue weighted by Crippen LogP contribution is 2.15. The Bertz CT molecular complexity index is 396. The Kier molecular flexibility index (Phi) is 3.93. The Hall–Kier alpha value is -1.18. The van der Waals surface area contributed by atoms with Gasteiger partial charge in [0, 0.05) is 25.0 Å². The van der Waals surface area contributed by atoms with Gasteiger partial charge in [0.05, 0.1) is 12.7 Å². The highest BCUT2D eigenvalue weighted by Gasteiger charge is 2.18. The number of carbonyl (C=O) groups is 1. The molecular weight excluding hydrogens is 242 g/mol. The lowest BCUT2D eigenvalue weighted by Gasteiger charge is -2.29. The molecule has 17 heavy (non-hydrogen) atoms. The zero-order chi connectivity index (χ0) is 12.3. The molecule has 1 atom stereocenters. The average Bonchev–Trinajstić information content (AvgIpc) is 2.75. The van der Waals surface area contributed by atoms with Crippen molar-refractivity contribution in [2.24, 2.45) is 0 Å². The van der Waals surface area contributed by atoms with Crippen LogP contribution in [0.15, 0.2) is 5.38 Å². The predicted molar refractivity (Wildman–Crippen MR) is 64.8 cm³/mol. The van der Waals surface area contributed by atoms with E-state index in [-0.39, 0.29) is 11.8 Å². The molecule has 1 aromatic rings. The van der Waals surface area contributed by atoms with Crippen molar-refractivity contribution in [2.75, 3.05) is 38.6 Å². The molecule has 0 aromatic carbocycles. The first-order chi connectivity index (χ1) is 8.15. The summed E-state index contributed by atoms with van der Waals surface area (Å²) in [6.45, 7) is 3.22.